The Morgan fingerprint density at radius 3 is 2.79 bits per heavy atom. The standard InChI is InChI=1S/C16H16N8O5S4/c1-29-23-7(6-4-31-14(17)19-6)10(25)20-8-11(26)24-9(13(27)28)5(2-30-12(8)24)3-32-16-22-21-15(18)33-16/h4,8,12H,2-3H2,1H3,(H2,17,19)(H2,18,21)(H,20,25)(H,27,28)/t8-,12+/m1/s1. The van der Waals surface area contributed by atoms with Crippen molar-refractivity contribution in [2.45, 2.75) is 15.8 Å². The number of carbonyl (C=O) groups excluding carboxylic acids is 2. The number of nitrogens with one attached hydrogen (secondary N) is 1. The number of carboxylic acid groups (broad SMARTS) is 1. The third-order valence-electron chi connectivity index (χ3n) is 4.49. The number of rotatable bonds is 8. The first-order valence-corrected chi connectivity index (χ1v) is 12.8. The highest BCUT2D eigenvalue weighted by molar-refractivity contribution is 8.01. The number of fused-ring (bicyclic) bond motifs is 1. The van der Waals surface area contributed by atoms with Gasteiger partial charge in [-0.25, -0.2) is 9.78 Å². The summed E-state index contributed by atoms with van der Waals surface area (Å²) in [6.07, 6.45) is 0. The molecular weight excluding hydrogens is 512 g/mol. The number of carbonyl (C=O) groups is 3. The third-order valence-corrected chi connectivity index (χ3v) is 8.48. The fraction of sp³-hybridized carbons (Fsp3) is 0.312. The zero-order chi connectivity index (χ0) is 23.7. The first kappa shape index (κ1) is 23.3. The third kappa shape index (κ3) is 4.61. The molecule has 2 aliphatic rings. The monoisotopic (exact) mass is 528 g/mol. The van der Waals surface area contributed by atoms with Crippen molar-refractivity contribution < 1.29 is 24.3 Å². The van der Waals surface area contributed by atoms with E-state index in [1.807, 2.05) is 0 Å². The molecule has 0 radical (unpaired) electrons. The van der Waals surface area contributed by atoms with Gasteiger partial charge in [-0.1, -0.05) is 28.3 Å². The van der Waals surface area contributed by atoms with Crippen molar-refractivity contribution in [2.24, 2.45) is 5.16 Å². The maximum Gasteiger partial charge on any atom is 0.352 e. The minimum atomic E-state index is -1.22. The van der Waals surface area contributed by atoms with Gasteiger partial charge in [0.25, 0.3) is 11.8 Å². The van der Waals surface area contributed by atoms with Crippen LogP contribution in [0.25, 0.3) is 0 Å². The fourth-order valence-electron chi connectivity index (χ4n) is 3.12. The molecule has 0 unspecified atom stereocenters. The number of amides is 2. The molecule has 0 aromatic carbocycles. The van der Waals surface area contributed by atoms with E-state index in [9.17, 15) is 19.5 Å². The highest BCUT2D eigenvalue weighted by Gasteiger charge is 2.54. The molecule has 1 saturated heterocycles. The normalized spacial score (nSPS) is 20.3. The summed E-state index contributed by atoms with van der Waals surface area (Å²) in [4.78, 5) is 47.5. The zero-order valence-corrected chi connectivity index (χ0v) is 20.0. The van der Waals surface area contributed by atoms with Crippen molar-refractivity contribution in [1.29, 1.82) is 0 Å². The van der Waals surface area contributed by atoms with Crippen molar-refractivity contribution in [3.63, 3.8) is 0 Å². The van der Waals surface area contributed by atoms with E-state index in [2.05, 4.69) is 25.7 Å². The summed E-state index contributed by atoms with van der Waals surface area (Å²) in [5.41, 5.74) is 11.7. The fourth-order valence-corrected chi connectivity index (χ4v) is 6.79. The molecule has 1 fully saturated rings. The summed E-state index contributed by atoms with van der Waals surface area (Å²) in [7, 11) is 1.27. The highest BCUT2D eigenvalue weighted by Crippen LogP contribution is 2.41. The summed E-state index contributed by atoms with van der Waals surface area (Å²) in [6, 6.07) is -0.924. The second-order valence-corrected chi connectivity index (χ2v) is 10.7. The highest BCUT2D eigenvalue weighted by atomic mass is 32.2. The number of nitrogen functional groups attached to an aromatic ring is 2. The van der Waals surface area contributed by atoms with E-state index in [-0.39, 0.29) is 22.2 Å². The van der Waals surface area contributed by atoms with Gasteiger partial charge in [0, 0.05) is 16.9 Å². The van der Waals surface area contributed by atoms with Gasteiger partial charge in [0.15, 0.2) is 15.2 Å². The van der Waals surface area contributed by atoms with E-state index in [0.717, 1.165) is 11.3 Å². The van der Waals surface area contributed by atoms with Crippen LogP contribution in [-0.2, 0) is 19.2 Å². The van der Waals surface area contributed by atoms with Crippen LogP contribution < -0.4 is 16.8 Å². The number of hydrogen-bond acceptors (Lipinski definition) is 14. The Morgan fingerprint density at radius 2 is 2.18 bits per heavy atom. The molecule has 2 aliphatic heterocycles. The lowest BCUT2D eigenvalue weighted by molar-refractivity contribution is -0.150. The molecule has 0 saturated carbocycles. The lowest BCUT2D eigenvalue weighted by atomic mass is 10.0. The predicted molar refractivity (Wildman–Crippen MR) is 125 cm³/mol. The van der Waals surface area contributed by atoms with Gasteiger partial charge in [0.2, 0.25) is 5.13 Å². The average molecular weight is 529 g/mol. The summed E-state index contributed by atoms with van der Waals surface area (Å²) in [5.74, 6) is -1.75. The number of aromatic nitrogens is 3. The number of hydrogen-bond donors (Lipinski definition) is 4. The van der Waals surface area contributed by atoms with Gasteiger partial charge in [0.05, 0.1) is 0 Å². The molecule has 13 nitrogen and oxygen atoms in total. The number of carboxylic acids is 1. The van der Waals surface area contributed by atoms with Gasteiger partial charge < -0.3 is 26.7 Å². The minimum absolute atomic E-state index is 0.0858. The molecule has 17 heteroatoms. The number of thioether (sulfide) groups is 2. The minimum Gasteiger partial charge on any atom is -0.477 e. The van der Waals surface area contributed by atoms with Gasteiger partial charge in [0.1, 0.15) is 29.9 Å². The molecule has 0 aliphatic carbocycles. The summed E-state index contributed by atoms with van der Waals surface area (Å²) >= 11 is 4.97. The van der Waals surface area contributed by atoms with Crippen LogP contribution in [-0.4, -0.2) is 78.7 Å². The molecule has 6 N–H and O–H groups in total. The van der Waals surface area contributed by atoms with Gasteiger partial charge >= 0.3 is 5.97 Å². The average Bonchev–Trinajstić information content (AvgIpc) is 3.40. The Kier molecular flexibility index (Phi) is 6.73. The van der Waals surface area contributed by atoms with Crippen LogP contribution in [0.4, 0.5) is 10.3 Å². The predicted octanol–water partition coefficient (Wildman–Crippen LogP) is 0.0404. The zero-order valence-electron chi connectivity index (χ0n) is 16.8. The number of β-lactam (4-membered cyclic amide) rings is 1. The molecule has 4 rings (SSSR count). The first-order chi connectivity index (χ1) is 15.8. The Bertz CT molecular complexity index is 1180. The van der Waals surface area contributed by atoms with E-state index in [1.165, 1.54) is 52.3 Å². The van der Waals surface area contributed by atoms with Gasteiger partial charge in [-0.2, -0.15) is 0 Å². The second-order valence-electron chi connectivity index (χ2n) is 6.51. The number of nitrogens with two attached hydrogens (primary N) is 2. The molecule has 2 atom stereocenters. The molecule has 2 aromatic heterocycles. The van der Waals surface area contributed by atoms with E-state index in [0.29, 0.717) is 26.6 Å². The SMILES string of the molecule is CON=C(C(=O)N[C@@H]1C(=O)N2C(C(=O)O)=C(CSc3nnc(N)s3)CS[C@@H]12)c1csc(N)n1. The molecule has 2 amide bonds. The van der Waals surface area contributed by atoms with E-state index < -0.39 is 29.2 Å². The molecule has 174 valence electrons. The van der Waals surface area contributed by atoms with Gasteiger partial charge in [-0.3, -0.25) is 14.5 Å². The topological polar surface area (TPSA) is 199 Å². The van der Waals surface area contributed by atoms with E-state index >= 15 is 0 Å². The molecule has 0 bridgehead atoms. The van der Waals surface area contributed by atoms with Crippen molar-refractivity contribution in [1.82, 2.24) is 25.4 Å². The Morgan fingerprint density at radius 1 is 1.39 bits per heavy atom. The molecule has 33 heavy (non-hydrogen) atoms. The van der Waals surface area contributed by atoms with E-state index in [1.54, 1.807) is 0 Å². The smallest absolute Gasteiger partial charge is 0.352 e. The van der Waals surface area contributed by atoms with Crippen LogP contribution in [0.3, 0.4) is 0 Å². The lowest BCUT2D eigenvalue weighted by Crippen LogP contribution is -2.71. The quantitative estimate of drug-likeness (QED) is 0.155. The number of thiazole rings is 1. The summed E-state index contributed by atoms with van der Waals surface area (Å²) < 4.78 is 0.601. The van der Waals surface area contributed by atoms with Crippen LogP contribution in [0.1, 0.15) is 5.69 Å². The first-order valence-electron chi connectivity index (χ1n) is 9.05. The van der Waals surface area contributed by atoms with E-state index in [4.69, 9.17) is 16.3 Å². The number of oxime groups is 1. The van der Waals surface area contributed by atoms with Crippen LogP contribution in [0, 0.1) is 0 Å². The maximum absolute atomic E-state index is 12.8. The van der Waals surface area contributed by atoms with Crippen molar-refractivity contribution in [3.8, 4) is 0 Å². The van der Waals surface area contributed by atoms with Crippen LogP contribution >= 0.6 is 46.2 Å². The Hall–Kier alpha value is -2.89. The van der Waals surface area contributed by atoms with Crippen LogP contribution in [0.5, 0.6) is 0 Å². The lowest BCUT2D eigenvalue weighted by Gasteiger charge is -2.49. The largest absolute Gasteiger partial charge is 0.477 e. The van der Waals surface area contributed by atoms with Crippen molar-refractivity contribution in [2.75, 3.05) is 30.1 Å². The molecule has 2 aromatic rings. The number of anilines is 2. The number of aliphatic carboxylic acids is 1. The molecule has 4 heterocycles. The van der Waals surface area contributed by atoms with Gasteiger partial charge in [-0.05, 0) is 5.57 Å². The second kappa shape index (κ2) is 9.54. The van der Waals surface area contributed by atoms with Crippen molar-refractivity contribution >= 4 is 80.0 Å². The van der Waals surface area contributed by atoms with Crippen LogP contribution in [0.2, 0.25) is 0 Å². The maximum atomic E-state index is 12.8. The molecular formula is C16H16N8O5S4. The van der Waals surface area contributed by atoms with Crippen LogP contribution in [0.15, 0.2) is 26.1 Å². The summed E-state index contributed by atoms with van der Waals surface area (Å²) in [6.45, 7) is 0. The summed E-state index contributed by atoms with van der Waals surface area (Å²) in [5, 5.41) is 25.2. The Balaban J connectivity index is 1.49. The molecule has 0 spiro atoms. The van der Waals surface area contributed by atoms with Gasteiger partial charge in [-0.15, -0.1) is 33.3 Å². The van der Waals surface area contributed by atoms with Crippen molar-refractivity contribution in [3.05, 3.63) is 22.3 Å². The Labute approximate surface area is 202 Å². The number of nitrogens with zero attached hydrogens (tertiary/aromatic N) is 5.